The van der Waals surface area contributed by atoms with Crippen molar-refractivity contribution in [2.24, 2.45) is 5.41 Å². The molecule has 1 fully saturated rings. The number of nitrogens with one attached hydrogen (secondary N) is 3. The Kier molecular flexibility index (Phi) is 2.80. The lowest BCUT2D eigenvalue weighted by atomic mass is 9.92. The van der Waals surface area contributed by atoms with Gasteiger partial charge < -0.3 is 15.6 Å². The summed E-state index contributed by atoms with van der Waals surface area (Å²) in [5, 5.41) is 6.51. The second-order valence-corrected chi connectivity index (χ2v) is 6.00. The lowest BCUT2D eigenvalue weighted by molar-refractivity contribution is 0.378. The van der Waals surface area contributed by atoms with Crippen LogP contribution < -0.4 is 10.6 Å². The predicted octanol–water partition coefficient (Wildman–Crippen LogP) is 2.39. The van der Waals surface area contributed by atoms with E-state index in [9.17, 15) is 0 Å². The Morgan fingerprint density at radius 3 is 2.89 bits per heavy atom. The van der Waals surface area contributed by atoms with Crippen molar-refractivity contribution in [3.63, 3.8) is 0 Å². The molecule has 6 heteroatoms. The molecule has 0 aliphatic heterocycles. The van der Waals surface area contributed by atoms with Crippen LogP contribution in [0.15, 0.2) is 6.33 Å². The SMILES string of the molecule is CNc1nc(NC2CCC(C)(C)C2)c2[nH]cnc2n1. The van der Waals surface area contributed by atoms with E-state index in [1.54, 1.807) is 6.33 Å². The van der Waals surface area contributed by atoms with E-state index < -0.39 is 0 Å². The molecule has 1 saturated carbocycles. The summed E-state index contributed by atoms with van der Waals surface area (Å²) in [4.78, 5) is 16.1. The Morgan fingerprint density at radius 1 is 1.37 bits per heavy atom. The zero-order valence-corrected chi connectivity index (χ0v) is 11.6. The van der Waals surface area contributed by atoms with Gasteiger partial charge in [-0.2, -0.15) is 9.97 Å². The number of hydrogen-bond donors (Lipinski definition) is 3. The highest BCUT2D eigenvalue weighted by Crippen LogP contribution is 2.38. The first-order valence-electron chi connectivity index (χ1n) is 6.73. The van der Waals surface area contributed by atoms with Gasteiger partial charge >= 0.3 is 0 Å². The summed E-state index contributed by atoms with van der Waals surface area (Å²) >= 11 is 0. The Morgan fingerprint density at radius 2 is 2.21 bits per heavy atom. The minimum atomic E-state index is 0.420. The molecule has 0 spiro atoms. The van der Waals surface area contributed by atoms with Crippen molar-refractivity contribution < 1.29 is 0 Å². The summed E-state index contributed by atoms with van der Waals surface area (Å²) in [6, 6.07) is 0.473. The summed E-state index contributed by atoms with van der Waals surface area (Å²) in [5.74, 6) is 1.44. The Balaban J connectivity index is 1.89. The van der Waals surface area contributed by atoms with Crippen LogP contribution in [0.5, 0.6) is 0 Å². The number of aromatic nitrogens is 4. The summed E-state index contributed by atoms with van der Waals surface area (Å²) in [7, 11) is 1.82. The number of fused-ring (bicyclic) bond motifs is 1. The fourth-order valence-corrected chi connectivity index (χ4v) is 2.80. The average Bonchev–Trinajstić information content (AvgIpc) is 2.95. The van der Waals surface area contributed by atoms with E-state index >= 15 is 0 Å². The fourth-order valence-electron chi connectivity index (χ4n) is 2.80. The molecule has 2 heterocycles. The molecule has 3 rings (SSSR count). The Bertz CT molecular complexity index is 588. The lowest BCUT2D eigenvalue weighted by Gasteiger charge is -2.18. The third-order valence-corrected chi connectivity index (χ3v) is 3.82. The molecule has 0 amide bonds. The largest absolute Gasteiger partial charge is 0.365 e. The van der Waals surface area contributed by atoms with Crippen molar-refractivity contribution in [3.05, 3.63) is 6.33 Å². The zero-order valence-electron chi connectivity index (χ0n) is 11.6. The van der Waals surface area contributed by atoms with Crippen LogP contribution in [-0.2, 0) is 0 Å². The monoisotopic (exact) mass is 260 g/mol. The molecule has 102 valence electrons. The smallest absolute Gasteiger partial charge is 0.226 e. The van der Waals surface area contributed by atoms with Crippen molar-refractivity contribution in [1.82, 2.24) is 19.9 Å². The fraction of sp³-hybridized carbons (Fsp3) is 0.615. The van der Waals surface area contributed by atoms with Crippen LogP contribution in [0, 0.1) is 5.41 Å². The van der Waals surface area contributed by atoms with Gasteiger partial charge in [0, 0.05) is 13.1 Å². The van der Waals surface area contributed by atoms with Crippen molar-refractivity contribution >= 4 is 22.9 Å². The Hall–Kier alpha value is -1.85. The normalized spacial score (nSPS) is 21.7. The number of aromatic amines is 1. The molecule has 1 atom stereocenters. The third-order valence-electron chi connectivity index (χ3n) is 3.82. The topological polar surface area (TPSA) is 78.5 Å². The van der Waals surface area contributed by atoms with Crippen LogP contribution in [0.3, 0.4) is 0 Å². The molecule has 2 aromatic rings. The van der Waals surface area contributed by atoms with E-state index in [4.69, 9.17) is 0 Å². The molecule has 0 saturated heterocycles. The minimum absolute atomic E-state index is 0.420. The molecule has 2 aromatic heterocycles. The van der Waals surface area contributed by atoms with E-state index in [1.807, 2.05) is 7.05 Å². The third kappa shape index (κ3) is 2.34. The van der Waals surface area contributed by atoms with Gasteiger partial charge in [0.15, 0.2) is 11.5 Å². The molecule has 1 aliphatic rings. The molecule has 0 radical (unpaired) electrons. The molecule has 0 bridgehead atoms. The highest BCUT2D eigenvalue weighted by molar-refractivity contribution is 5.83. The standard InChI is InChI=1S/C13H20N6/c1-13(2)5-4-8(6-13)17-11-9-10(16-7-15-9)18-12(14-3)19-11/h7-8H,4-6H2,1-3H3,(H3,14,15,16,17,18,19). The van der Waals surface area contributed by atoms with E-state index in [0.717, 1.165) is 11.3 Å². The van der Waals surface area contributed by atoms with E-state index in [0.29, 0.717) is 23.1 Å². The maximum Gasteiger partial charge on any atom is 0.226 e. The summed E-state index contributed by atoms with van der Waals surface area (Å²) in [6.07, 6.45) is 5.26. The molecule has 1 aliphatic carbocycles. The van der Waals surface area contributed by atoms with Crippen LogP contribution in [0.25, 0.3) is 11.2 Å². The Labute approximate surface area is 112 Å². The van der Waals surface area contributed by atoms with Gasteiger partial charge in [0.2, 0.25) is 5.95 Å². The minimum Gasteiger partial charge on any atom is -0.365 e. The second kappa shape index (κ2) is 4.36. The number of rotatable bonds is 3. The summed E-state index contributed by atoms with van der Waals surface area (Å²) in [5.41, 5.74) is 1.99. The van der Waals surface area contributed by atoms with Gasteiger partial charge in [-0.3, -0.25) is 0 Å². The predicted molar refractivity (Wildman–Crippen MR) is 76.3 cm³/mol. The molecule has 6 nitrogen and oxygen atoms in total. The van der Waals surface area contributed by atoms with Crippen LogP contribution in [0.2, 0.25) is 0 Å². The number of hydrogen-bond acceptors (Lipinski definition) is 5. The van der Waals surface area contributed by atoms with Gasteiger partial charge in [0.05, 0.1) is 6.33 Å². The first-order chi connectivity index (χ1) is 9.07. The highest BCUT2D eigenvalue weighted by atomic mass is 15.2. The van der Waals surface area contributed by atoms with Crippen molar-refractivity contribution in [3.8, 4) is 0 Å². The lowest BCUT2D eigenvalue weighted by Crippen LogP contribution is -2.19. The van der Waals surface area contributed by atoms with Crippen molar-refractivity contribution in [2.45, 2.75) is 39.2 Å². The molecule has 19 heavy (non-hydrogen) atoms. The van der Waals surface area contributed by atoms with Gasteiger partial charge in [-0.05, 0) is 24.7 Å². The number of nitrogens with zero attached hydrogens (tertiary/aromatic N) is 3. The number of anilines is 2. The second-order valence-electron chi connectivity index (χ2n) is 6.00. The first-order valence-corrected chi connectivity index (χ1v) is 6.73. The van der Waals surface area contributed by atoms with Crippen LogP contribution in [0.4, 0.5) is 11.8 Å². The average molecular weight is 260 g/mol. The van der Waals surface area contributed by atoms with Gasteiger partial charge in [-0.15, -0.1) is 0 Å². The molecule has 3 N–H and O–H groups in total. The molecule has 1 unspecified atom stereocenters. The van der Waals surface area contributed by atoms with Gasteiger partial charge in [-0.1, -0.05) is 13.8 Å². The first kappa shape index (κ1) is 12.2. The number of H-pyrrole nitrogens is 1. The quantitative estimate of drug-likeness (QED) is 0.789. The van der Waals surface area contributed by atoms with Gasteiger partial charge in [0.25, 0.3) is 0 Å². The van der Waals surface area contributed by atoms with Crippen molar-refractivity contribution in [2.75, 3.05) is 17.7 Å². The maximum atomic E-state index is 4.50. The summed E-state index contributed by atoms with van der Waals surface area (Å²) in [6.45, 7) is 4.64. The number of imidazole rings is 1. The molecular formula is C13H20N6. The van der Waals surface area contributed by atoms with Crippen LogP contribution >= 0.6 is 0 Å². The maximum absolute atomic E-state index is 4.50. The van der Waals surface area contributed by atoms with E-state index in [-0.39, 0.29) is 0 Å². The van der Waals surface area contributed by atoms with Crippen LogP contribution in [-0.4, -0.2) is 33.0 Å². The molecule has 0 aromatic carbocycles. The van der Waals surface area contributed by atoms with Gasteiger partial charge in [-0.25, -0.2) is 4.98 Å². The molecular weight excluding hydrogens is 240 g/mol. The van der Waals surface area contributed by atoms with Crippen molar-refractivity contribution in [1.29, 1.82) is 0 Å². The van der Waals surface area contributed by atoms with Gasteiger partial charge in [0.1, 0.15) is 5.52 Å². The zero-order chi connectivity index (χ0) is 13.5. The highest BCUT2D eigenvalue weighted by Gasteiger charge is 2.31. The van der Waals surface area contributed by atoms with Crippen LogP contribution in [0.1, 0.15) is 33.1 Å². The van der Waals surface area contributed by atoms with E-state index in [1.165, 1.54) is 19.3 Å². The van der Waals surface area contributed by atoms with E-state index in [2.05, 4.69) is 44.4 Å². The summed E-state index contributed by atoms with van der Waals surface area (Å²) < 4.78 is 0.